The first-order valence-electron chi connectivity index (χ1n) is 12.3. The number of hydrogen-bond donors (Lipinski definition) is 1. The summed E-state index contributed by atoms with van der Waals surface area (Å²) in [5.41, 5.74) is 2.44. The van der Waals surface area contributed by atoms with Crippen LogP contribution in [0.2, 0.25) is 0 Å². The van der Waals surface area contributed by atoms with E-state index in [4.69, 9.17) is 0 Å². The molecule has 0 radical (unpaired) electrons. The molecule has 1 amide bonds. The molecule has 2 heterocycles. The maximum atomic E-state index is 13.5. The molecule has 0 bridgehead atoms. The molecule has 1 saturated heterocycles. The van der Waals surface area contributed by atoms with Gasteiger partial charge in [-0.1, -0.05) is 62.4 Å². The minimum absolute atomic E-state index is 0.0525. The number of carbonyl (C=O) groups excluding carboxylic acids is 1. The van der Waals surface area contributed by atoms with Crippen molar-refractivity contribution in [2.45, 2.75) is 46.7 Å². The quantitative estimate of drug-likeness (QED) is 0.569. The summed E-state index contributed by atoms with van der Waals surface area (Å²) in [4.78, 5) is 41.7. The highest BCUT2D eigenvalue weighted by molar-refractivity contribution is 5.79. The first kappa shape index (κ1) is 24.5. The summed E-state index contributed by atoms with van der Waals surface area (Å²) >= 11 is 0. The van der Waals surface area contributed by atoms with Crippen molar-refractivity contribution in [2.75, 3.05) is 18.0 Å². The normalized spacial score (nSPS) is 14.3. The van der Waals surface area contributed by atoms with Crippen LogP contribution in [0.25, 0.3) is 5.69 Å². The van der Waals surface area contributed by atoms with E-state index in [0.717, 1.165) is 11.3 Å². The zero-order valence-corrected chi connectivity index (χ0v) is 20.7. The molecule has 1 aliphatic heterocycles. The summed E-state index contributed by atoms with van der Waals surface area (Å²) in [6, 6.07) is 19.3. The lowest BCUT2D eigenvalue weighted by Gasteiger charge is -2.34. The number of aromatic nitrogens is 2. The fourth-order valence-electron chi connectivity index (χ4n) is 4.81. The molecular formula is C28H34N4O3. The van der Waals surface area contributed by atoms with Crippen molar-refractivity contribution >= 4 is 11.6 Å². The van der Waals surface area contributed by atoms with E-state index in [-0.39, 0.29) is 29.0 Å². The molecule has 2 aromatic carbocycles. The van der Waals surface area contributed by atoms with E-state index in [2.05, 4.69) is 5.32 Å². The standard InChI is InChI=1S/C28H34N4O3/c1-20(2)19-31-27(34)25(21(3)32(28(31)35)24-12-8-5-9-13-24)30-16-14-23(15-17-30)26(33)29-18-22-10-6-4-7-11-22/h4-13,20,23H,14-19H2,1-3H3,(H,29,33). The number of amides is 1. The van der Waals surface area contributed by atoms with Crippen LogP contribution in [0, 0.1) is 18.8 Å². The molecule has 1 N–H and O–H groups in total. The average Bonchev–Trinajstić information content (AvgIpc) is 2.87. The van der Waals surface area contributed by atoms with Gasteiger partial charge in [0.05, 0.1) is 11.4 Å². The van der Waals surface area contributed by atoms with Crippen LogP contribution in [-0.4, -0.2) is 28.1 Å². The molecule has 7 nitrogen and oxygen atoms in total. The molecule has 1 aliphatic rings. The van der Waals surface area contributed by atoms with Crippen molar-refractivity contribution in [2.24, 2.45) is 11.8 Å². The molecule has 0 spiro atoms. The van der Waals surface area contributed by atoms with E-state index in [0.29, 0.717) is 50.4 Å². The third-order valence-corrected chi connectivity index (χ3v) is 6.60. The second-order valence-electron chi connectivity index (χ2n) is 9.66. The van der Waals surface area contributed by atoms with Crippen LogP contribution in [0.5, 0.6) is 0 Å². The summed E-state index contributed by atoms with van der Waals surface area (Å²) in [6.07, 6.45) is 1.32. The van der Waals surface area contributed by atoms with Crippen molar-refractivity contribution in [3.63, 3.8) is 0 Å². The number of benzene rings is 2. The van der Waals surface area contributed by atoms with Crippen LogP contribution in [0.1, 0.15) is 37.9 Å². The van der Waals surface area contributed by atoms with E-state index < -0.39 is 0 Å². The van der Waals surface area contributed by atoms with Gasteiger partial charge in [0, 0.05) is 32.1 Å². The lowest BCUT2D eigenvalue weighted by molar-refractivity contribution is -0.125. The van der Waals surface area contributed by atoms with Crippen LogP contribution >= 0.6 is 0 Å². The highest BCUT2D eigenvalue weighted by atomic mass is 16.2. The molecule has 0 saturated carbocycles. The number of rotatable bonds is 7. The van der Waals surface area contributed by atoms with Gasteiger partial charge >= 0.3 is 5.69 Å². The van der Waals surface area contributed by atoms with Crippen LogP contribution in [0.4, 0.5) is 5.69 Å². The number of nitrogens with one attached hydrogen (secondary N) is 1. The van der Waals surface area contributed by atoms with Gasteiger partial charge in [0.2, 0.25) is 5.91 Å². The van der Waals surface area contributed by atoms with Gasteiger partial charge in [-0.2, -0.15) is 0 Å². The van der Waals surface area contributed by atoms with Gasteiger partial charge in [0.25, 0.3) is 5.56 Å². The van der Waals surface area contributed by atoms with Crippen molar-refractivity contribution in [3.05, 3.63) is 92.8 Å². The van der Waals surface area contributed by atoms with Crippen LogP contribution in [-0.2, 0) is 17.9 Å². The Morgan fingerprint density at radius 3 is 2.17 bits per heavy atom. The maximum absolute atomic E-state index is 13.5. The Balaban J connectivity index is 1.57. The predicted octanol–water partition coefficient (Wildman–Crippen LogP) is 3.50. The predicted molar refractivity (Wildman–Crippen MR) is 139 cm³/mol. The Labute approximate surface area is 206 Å². The third kappa shape index (κ3) is 5.39. The highest BCUT2D eigenvalue weighted by Gasteiger charge is 2.29. The Hall–Kier alpha value is -3.61. The fourth-order valence-corrected chi connectivity index (χ4v) is 4.81. The smallest absolute Gasteiger partial charge is 0.335 e. The second-order valence-corrected chi connectivity index (χ2v) is 9.66. The molecule has 184 valence electrons. The summed E-state index contributed by atoms with van der Waals surface area (Å²) in [5.74, 6) is 0.115. The molecule has 7 heteroatoms. The number of nitrogens with zero attached hydrogens (tertiary/aromatic N) is 3. The van der Waals surface area contributed by atoms with E-state index in [1.807, 2.05) is 86.3 Å². The van der Waals surface area contributed by atoms with E-state index in [1.165, 1.54) is 4.57 Å². The van der Waals surface area contributed by atoms with Crippen LogP contribution in [0.3, 0.4) is 0 Å². The molecule has 35 heavy (non-hydrogen) atoms. The average molecular weight is 475 g/mol. The maximum Gasteiger partial charge on any atom is 0.335 e. The van der Waals surface area contributed by atoms with Crippen molar-refractivity contribution in [1.82, 2.24) is 14.5 Å². The second kappa shape index (κ2) is 10.8. The topological polar surface area (TPSA) is 76.3 Å². The monoisotopic (exact) mass is 474 g/mol. The lowest BCUT2D eigenvalue weighted by Crippen LogP contribution is -2.47. The van der Waals surface area contributed by atoms with Crippen molar-refractivity contribution < 1.29 is 4.79 Å². The molecule has 0 atom stereocenters. The number of carbonyl (C=O) groups is 1. The summed E-state index contributed by atoms with van der Waals surface area (Å²) in [6.45, 7) is 7.89. The number of piperidine rings is 1. The first-order chi connectivity index (χ1) is 16.9. The minimum Gasteiger partial charge on any atom is -0.366 e. The van der Waals surface area contributed by atoms with Gasteiger partial charge < -0.3 is 10.2 Å². The minimum atomic E-state index is -0.314. The van der Waals surface area contributed by atoms with E-state index >= 15 is 0 Å². The molecule has 0 unspecified atom stereocenters. The van der Waals surface area contributed by atoms with Crippen molar-refractivity contribution in [3.8, 4) is 5.69 Å². The molecule has 4 rings (SSSR count). The lowest BCUT2D eigenvalue weighted by atomic mass is 9.95. The van der Waals surface area contributed by atoms with Crippen LogP contribution in [0.15, 0.2) is 70.3 Å². The fraction of sp³-hybridized carbons (Fsp3) is 0.393. The zero-order chi connectivity index (χ0) is 24.9. The Bertz CT molecular complexity index is 1270. The number of hydrogen-bond acceptors (Lipinski definition) is 4. The largest absolute Gasteiger partial charge is 0.366 e. The molecular weight excluding hydrogens is 440 g/mol. The summed E-state index contributed by atoms with van der Waals surface area (Å²) in [7, 11) is 0. The number of anilines is 1. The van der Waals surface area contributed by atoms with Gasteiger partial charge in [-0.3, -0.25) is 18.7 Å². The Morgan fingerprint density at radius 1 is 0.971 bits per heavy atom. The highest BCUT2D eigenvalue weighted by Crippen LogP contribution is 2.24. The molecule has 1 fully saturated rings. The van der Waals surface area contributed by atoms with Crippen molar-refractivity contribution in [1.29, 1.82) is 0 Å². The Morgan fingerprint density at radius 2 is 1.57 bits per heavy atom. The van der Waals surface area contributed by atoms with Crippen LogP contribution < -0.4 is 21.5 Å². The SMILES string of the molecule is Cc1c(N2CCC(C(=O)NCc3ccccc3)CC2)c(=O)n(CC(C)C)c(=O)n1-c1ccccc1. The van der Waals surface area contributed by atoms with Gasteiger partial charge in [-0.15, -0.1) is 0 Å². The Kier molecular flexibility index (Phi) is 7.54. The van der Waals surface area contributed by atoms with Gasteiger partial charge in [0.15, 0.2) is 0 Å². The van der Waals surface area contributed by atoms with Gasteiger partial charge in [-0.25, -0.2) is 4.79 Å². The zero-order valence-electron chi connectivity index (χ0n) is 20.7. The van der Waals surface area contributed by atoms with E-state index in [1.54, 1.807) is 4.57 Å². The third-order valence-electron chi connectivity index (χ3n) is 6.60. The van der Waals surface area contributed by atoms with E-state index in [9.17, 15) is 14.4 Å². The summed E-state index contributed by atoms with van der Waals surface area (Å²) < 4.78 is 3.00. The molecule has 1 aromatic heterocycles. The first-order valence-corrected chi connectivity index (χ1v) is 12.3. The van der Waals surface area contributed by atoms with Gasteiger partial charge in [0.1, 0.15) is 5.69 Å². The summed E-state index contributed by atoms with van der Waals surface area (Å²) in [5, 5.41) is 3.05. The van der Waals surface area contributed by atoms with Gasteiger partial charge in [-0.05, 0) is 43.4 Å². The molecule has 0 aliphatic carbocycles. The molecule has 3 aromatic rings. The number of para-hydroxylation sites is 1.